The van der Waals surface area contributed by atoms with Gasteiger partial charge in [0.2, 0.25) is 0 Å². The van der Waals surface area contributed by atoms with Gasteiger partial charge >= 0.3 is 0 Å². The maximum Gasteiger partial charge on any atom is 0.259 e. The summed E-state index contributed by atoms with van der Waals surface area (Å²) in [5, 5.41) is 11.7. The fraction of sp³-hybridized carbons (Fsp3) is 0.429. The van der Waals surface area contributed by atoms with E-state index in [-0.39, 0.29) is 17.9 Å². The maximum atomic E-state index is 11.0. The number of aliphatic hydroxyl groups is 1. The Balaban J connectivity index is 3.01. The molecule has 0 spiro atoms. The van der Waals surface area contributed by atoms with Crippen LogP contribution in [0.25, 0.3) is 0 Å². The van der Waals surface area contributed by atoms with Crippen molar-refractivity contribution in [2.45, 2.75) is 13.0 Å². The summed E-state index contributed by atoms with van der Waals surface area (Å²) in [5.74, 6) is -1.23. The van der Waals surface area contributed by atoms with Crippen LogP contribution in [0.3, 0.4) is 0 Å². The molecule has 0 bridgehead atoms. The lowest BCUT2D eigenvalue weighted by atomic mass is 10.1. The van der Waals surface area contributed by atoms with Crippen molar-refractivity contribution in [1.82, 2.24) is 5.32 Å². The summed E-state index contributed by atoms with van der Waals surface area (Å²) in [4.78, 5) is 21.8. The number of nitrogens with one attached hydrogen (secondary N) is 1. The van der Waals surface area contributed by atoms with Crippen LogP contribution in [0.1, 0.15) is 6.92 Å². The monoisotopic (exact) mass is 170 g/mol. The van der Waals surface area contributed by atoms with Gasteiger partial charge in [0.25, 0.3) is 5.91 Å². The minimum absolute atomic E-state index is 0.0916. The number of Topliss-reactive ketones (excluding diaryl/α,β-unsaturated/α-hetero) is 1. The van der Waals surface area contributed by atoms with Gasteiger partial charge in [-0.05, 0) is 6.92 Å². The van der Waals surface area contributed by atoms with Crippen molar-refractivity contribution < 1.29 is 14.7 Å². The molecule has 0 aromatic carbocycles. The number of aliphatic hydroxyl groups excluding tert-OH is 1. The average Bonchev–Trinajstić information content (AvgIpc) is 2.25. The zero-order chi connectivity index (χ0) is 9.30. The van der Waals surface area contributed by atoms with Gasteiger partial charge < -0.3 is 16.2 Å². The van der Waals surface area contributed by atoms with Crippen LogP contribution >= 0.6 is 0 Å². The van der Waals surface area contributed by atoms with Crippen LogP contribution in [0, 0.1) is 0 Å². The molecular formula is C7H10N2O3. The Labute approximate surface area is 69.2 Å². The summed E-state index contributed by atoms with van der Waals surface area (Å²) in [5.41, 5.74) is 5.05. The van der Waals surface area contributed by atoms with E-state index in [2.05, 4.69) is 5.32 Å². The molecule has 0 aliphatic carbocycles. The summed E-state index contributed by atoms with van der Waals surface area (Å²) in [6.45, 7) is 1.32. The van der Waals surface area contributed by atoms with E-state index in [9.17, 15) is 14.7 Å². The number of amides is 1. The quantitative estimate of drug-likeness (QED) is 0.456. The highest BCUT2D eigenvalue weighted by Gasteiger charge is 2.32. The molecule has 0 radical (unpaired) electrons. The van der Waals surface area contributed by atoms with Crippen LogP contribution in [0.5, 0.6) is 0 Å². The molecule has 0 aromatic heterocycles. The van der Waals surface area contributed by atoms with Gasteiger partial charge in [-0.2, -0.15) is 0 Å². The topological polar surface area (TPSA) is 92.4 Å². The van der Waals surface area contributed by atoms with Crippen LogP contribution in [0.4, 0.5) is 0 Å². The van der Waals surface area contributed by atoms with Crippen molar-refractivity contribution in [3.05, 3.63) is 11.3 Å². The first-order valence-corrected chi connectivity index (χ1v) is 3.53. The number of hydrogen-bond acceptors (Lipinski definition) is 4. The van der Waals surface area contributed by atoms with E-state index in [0.717, 1.165) is 0 Å². The summed E-state index contributed by atoms with van der Waals surface area (Å²) in [6.07, 6.45) is 0. The summed E-state index contributed by atoms with van der Waals surface area (Å²) >= 11 is 0. The molecule has 66 valence electrons. The molecule has 5 heteroatoms. The minimum atomic E-state index is -0.601. The first-order valence-electron chi connectivity index (χ1n) is 3.53. The highest BCUT2D eigenvalue weighted by molar-refractivity contribution is 6.20. The zero-order valence-corrected chi connectivity index (χ0v) is 6.63. The lowest BCUT2D eigenvalue weighted by Gasteiger charge is -2.05. The SMILES string of the molecule is CC(=O)C1=C(O)C(CN)NC1=O. The van der Waals surface area contributed by atoms with Gasteiger partial charge in [-0.1, -0.05) is 0 Å². The Bertz CT molecular complexity index is 270. The molecule has 1 aliphatic rings. The van der Waals surface area contributed by atoms with E-state index in [0.29, 0.717) is 0 Å². The normalized spacial score (nSPS) is 22.8. The fourth-order valence-electron chi connectivity index (χ4n) is 1.10. The second-order valence-corrected chi connectivity index (χ2v) is 2.58. The lowest BCUT2D eigenvalue weighted by Crippen LogP contribution is -2.35. The average molecular weight is 170 g/mol. The third kappa shape index (κ3) is 1.18. The van der Waals surface area contributed by atoms with Gasteiger partial charge in [-0.25, -0.2) is 0 Å². The Morgan fingerprint density at radius 3 is 2.58 bits per heavy atom. The van der Waals surface area contributed by atoms with E-state index in [1.165, 1.54) is 6.92 Å². The van der Waals surface area contributed by atoms with Crippen molar-refractivity contribution in [3.63, 3.8) is 0 Å². The molecule has 0 aromatic rings. The van der Waals surface area contributed by atoms with Crippen LogP contribution < -0.4 is 11.1 Å². The Morgan fingerprint density at radius 1 is 1.75 bits per heavy atom. The first kappa shape index (κ1) is 8.73. The lowest BCUT2D eigenvalue weighted by molar-refractivity contribution is -0.121. The van der Waals surface area contributed by atoms with E-state index >= 15 is 0 Å². The Hall–Kier alpha value is -1.36. The minimum Gasteiger partial charge on any atom is -0.509 e. The molecule has 0 saturated heterocycles. The van der Waals surface area contributed by atoms with Gasteiger partial charge in [0.15, 0.2) is 5.78 Å². The third-order valence-corrected chi connectivity index (χ3v) is 1.71. The summed E-state index contributed by atoms with van der Waals surface area (Å²) < 4.78 is 0. The fourth-order valence-corrected chi connectivity index (χ4v) is 1.10. The first-order chi connectivity index (χ1) is 5.57. The number of hydrogen-bond donors (Lipinski definition) is 3. The van der Waals surface area contributed by atoms with E-state index in [1.54, 1.807) is 0 Å². The second-order valence-electron chi connectivity index (χ2n) is 2.58. The van der Waals surface area contributed by atoms with Gasteiger partial charge in [-0.3, -0.25) is 9.59 Å². The van der Waals surface area contributed by atoms with Gasteiger partial charge in [-0.15, -0.1) is 0 Å². The second kappa shape index (κ2) is 2.94. The smallest absolute Gasteiger partial charge is 0.259 e. The molecule has 1 amide bonds. The van der Waals surface area contributed by atoms with Crippen molar-refractivity contribution in [2.24, 2.45) is 5.73 Å². The number of nitrogens with two attached hydrogens (primary N) is 1. The molecule has 4 N–H and O–H groups in total. The maximum absolute atomic E-state index is 11.0. The predicted molar refractivity (Wildman–Crippen MR) is 41.3 cm³/mol. The zero-order valence-electron chi connectivity index (χ0n) is 6.63. The van der Waals surface area contributed by atoms with E-state index < -0.39 is 17.7 Å². The Kier molecular flexibility index (Phi) is 2.14. The standard InChI is InChI=1S/C7H10N2O3/c1-3(10)5-6(11)4(2-8)9-7(5)12/h4,11H,2,8H2,1H3,(H,9,12). The molecule has 0 fully saturated rings. The van der Waals surface area contributed by atoms with Crippen LogP contribution in [0.15, 0.2) is 11.3 Å². The summed E-state index contributed by atoms with van der Waals surface area (Å²) in [7, 11) is 0. The van der Waals surface area contributed by atoms with Crippen molar-refractivity contribution in [3.8, 4) is 0 Å². The molecule has 1 unspecified atom stereocenters. The third-order valence-electron chi connectivity index (χ3n) is 1.71. The number of carbonyl (C=O) groups excluding carboxylic acids is 2. The molecule has 5 nitrogen and oxygen atoms in total. The molecule has 12 heavy (non-hydrogen) atoms. The molecule has 1 rings (SSSR count). The molecule has 1 heterocycles. The highest BCUT2D eigenvalue weighted by atomic mass is 16.3. The Morgan fingerprint density at radius 2 is 2.33 bits per heavy atom. The van der Waals surface area contributed by atoms with Crippen LogP contribution in [-0.2, 0) is 9.59 Å². The van der Waals surface area contributed by atoms with Crippen molar-refractivity contribution in [1.29, 1.82) is 0 Å². The van der Waals surface area contributed by atoms with E-state index in [1.807, 2.05) is 0 Å². The van der Waals surface area contributed by atoms with E-state index in [4.69, 9.17) is 5.73 Å². The molecule has 1 atom stereocenters. The van der Waals surface area contributed by atoms with Crippen molar-refractivity contribution in [2.75, 3.05) is 6.54 Å². The highest BCUT2D eigenvalue weighted by Crippen LogP contribution is 2.14. The van der Waals surface area contributed by atoms with Crippen molar-refractivity contribution >= 4 is 11.7 Å². The van der Waals surface area contributed by atoms with Gasteiger partial charge in [0.05, 0.1) is 6.04 Å². The molecule has 0 saturated carbocycles. The largest absolute Gasteiger partial charge is 0.509 e. The molecular weight excluding hydrogens is 160 g/mol. The number of rotatable bonds is 2. The summed E-state index contributed by atoms with van der Waals surface area (Å²) in [6, 6.07) is -0.601. The predicted octanol–water partition coefficient (Wildman–Crippen LogP) is -1.16. The van der Waals surface area contributed by atoms with Gasteiger partial charge in [0.1, 0.15) is 11.3 Å². The number of carbonyl (C=O) groups is 2. The van der Waals surface area contributed by atoms with Crippen LogP contribution in [-0.4, -0.2) is 29.4 Å². The van der Waals surface area contributed by atoms with Gasteiger partial charge in [0, 0.05) is 6.54 Å². The van der Waals surface area contributed by atoms with Crippen LogP contribution in [0.2, 0.25) is 0 Å². The number of ketones is 1. The molecule has 1 aliphatic heterocycles.